The Labute approximate surface area is 99.9 Å². The summed E-state index contributed by atoms with van der Waals surface area (Å²) in [6.07, 6.45) is 2.03. The number of aliphatic carboxylic acids is 1. The third-order valence-corrected chi connectivity index (χ3v) is 3.08. The first-order chi connectivity index (χ1) is 8.08. The summed E-state index contributed by atoms with van der Waals surface area (Å²) >= 11 is 0. The Morgan fingerprint density at radius 1 is 1.47 bits per heavy atom. The van der Waals surface area contributed by atoms with Crippen LogP contribution in [0.25, 0.3) is 0 Å². The van der Waals surface area contributed by atoms with Gasteiger partial charge in [-0.3, -0.25) is 9.59 Å². The number of nitrogens with zero attached hydrogens (tertiary/aromatic N) is 1. The van der Waals surface area contributed by atoms with E-state index in [0.717, 1.165) is 23.2 Å². The molecule has 0 bridgehead atoms. The van der Waals surface area contributed by atoms with Crippen LogP contribution in [0.15, 0.2) is 18.2 Å². The maximum Gasteiger partial charge on any atom is 0.303 e. The van der Waals surface area contributed by atoms with E-state index in [4.69, 9.17) is 5.11 Å². The molecule has 0 aliphatic carbocycles. The van der Waals surface area contributed by atoms with Crippen molar-refractivity contribution < 1.29 is 14.7 Å². The van der Waals surface area contributed by atoms with E-state index in [-0.39, 0.29) is 12.3 Å². The van der Waals surface area contributed by atoms with Crippen molar-refractivity contribution in [3.05, 3.63) is 29.3 Å². The smallest absolute Gasteiger partial charge is 0.303 e. The van der Waals surface area contributed by atoms with E-state index in [9.17, 15) is 9.59 Å². The number of carboxylic acids is 1. The SMILES string of the molecule is CN1C(=O)Cc2ccc(CCCC(=O)O)cc21. The van der Waals surface area contributed by atoms with Crippen LogP contribution >= 0.6 is 0 Å². The fraction of sp³-hybridized carbons (Fsp3) is 0.385. The molecule has 0 fully saturated rings. The number of anilines is 1. The summed E-state index contributed by atoms with van der Waals surface area (Å²) in [4.78, 5) is 23.6. The van der Waals surface area contributed by atoms with Gasteiger partial charge in [0, 0.05) is 19.2 Å². The minimum Gasteiger partial charge on any atom is -0.481 e. The summed E-state index contributed by atoms with van der Waals surface area (Å²) < 4.78 is 0. The van der Waals surface area contributed by atoms with E-state index in [1.165, 1.54) is 0 Å². The van der Waals surface area contributed by atoms with Gasteiger partial charge >= 0.3 is 5.97 Å². The molecule has 1 N–H and O–H groups in total. The Hall–Kier alpha value is -1.84. The van der Waals surface area contributed by atoms with Crippen LogP contribution in [-0.4, -0.2) is 24.0 Å². The molecule has 0 unspecified atom stereocenters. The number of hydrogen-bond donors (Lipinski definition) is 1. The van der Waals surface area contributed by atoms with E-state index in [1.54, 1.807) is 11.9 Å². The first-order valence-electron chi connectivity index (χ1n) is 5.68. The molecule has 1 aromatic rings. The van der Waals surface area contributed by atoms with Crippen LogP contribution in [0.2, 0.25) is 0 Å². The number of amides is 1. The lowest BCUT2D eigenvalue weighted by atomic mass is 10.0. The molecule has 1 aliphatic rings. The highest BCUT2D eigenvalue weighted by atomic mass is 16.4. The number of aryl methyl sites for hydroxylation is 1. The maximum atomic E-state index is 11.5. The van der Waals surface area contributed by atoms with E-state index >= 15 is 0 Å². The molecule has 0 saturated heterocycles. The van der Waals surface area contributed by atoms with Crippen LogP contribution in [0.4, 0.5) is 5.69 Å². The number of fused-ring (bicyclic) bond motifs is 1. The molecular weight excluding hydrogens is 218 g/mol. The topological polar surface area (TPSA) is 57.6 Å². The molecule has 2 rings (SSSR count). The van der Waals surface area contributed by atoms with Crippen molar-refractivity contribution in [2.45, 2.75) is 25.7 Å². The molecule has 0 saturated carbocycles. The van der Waals surface area contributed by atoms with Gasteiger partial charge in [0.15, 0.2) is 0 Å². The molecule has 4 nitrogen and oxygen atoms in total. The van der Waals surface area contributed by atoms with Crippen molar-refractivity contribution in [2.75, 3.05) is 11.9 Å². The second-order valence-electron chi connectivity index (χ2n) is 4.34. The van der Waals surface area contributed by atoms with Gasteiger partial charge in [0.1, 0.15) is 0 Å². The van der Waals surface area contributed by atoms with Gasteiger partial charge in [-0.2, -0.15) is 0 Å². The fourth-order valence-corrected chi connectivity index (χ4v) is 2.09. The first kappa shape index (κ1) is 11.6. The van der Waals surface area contributed by atoms with Crippen LogP contribution in [0.5, 0.6) is 0 Å². The Morgan fingerprint density at radius 2 is 2.24 bits per heavy atom. The normalized spacial score (nSPS) is 13.9. The Bertz CT molecular complexity index is 468. The van der Waals surface area contributed by atoms with Gasteiger partial charge in [-0.05, 0) is 30.0 Å². The van der Waals surface area contributed by atoms with Gasteiger partial charge in [0.25, 0.3) is 0 Å². The lowest BCUT2D eigenvalue weighted by molar-refractivity contribution is -0.137. The van der Waals surface area contributed by atoms with Crippen LogP contribution in [0, 0.1) is 0 Å². The van der Waals surface area contributed by atoms with Gasteiger partial charge < -0.3 is 10.0 Å². The number of benzene rings is 1. The van der Waals surface area contributed by atoms with E-state index in [1.807, 2.05) is 18.2 Å². The average Bonchev–Trinajstić information content (AvgIpc) is 2.55. The van der Waals surface area contributed by atoms with Crippen LogP contribution in [0.1, 0.15) is 24.0 Å². The van der Waals surface area contributed by atoms with Crippen molar-refractivity contribution in [1.29, 1.82) is 0 Å². The summed E-state index contributed by atoms with van der Waals surface area (Å²) in [5.74, 6) is -0.652. The van der Waals surface area contributed by atoms with E-state index in [0.29, 0.717) is 12.8 Å². The lowest BCUT2D eigenvalue weighted by Gasteiger charge is -2.11. The number of hydrogen-bond acceptors (Lipinski definition) is 2. The molecule has 17 heavy (non-hydrogen) atoms. The van der Waals surface area contributed by atoms with Crippen molar-refractivity contribution in [3.63, 3.8) is 0 Å². The van der Waals surface area contributed by atoms with Gasteiger partial charge in [0.05, 0.1) is 6.42 Å². The largest absolute Gasteiger partial charge is 0.481 e. The molecule has 0 atom stereocenters. The van der Waals surface area contributed by atoms with Gasteiger partial charge in [-0.15, -0.1) is 0 Å². The Kier molecular flexibility index (Phi) is 3.13. The van der Waals surface area contributed by atoms with Crippen molar-refractivity contribution in [2.24, 2.45) is 0 Å². The molecule has 0 aromatic heterocycles. The number of carbonyl (C=O) groups excluding carboxylic acids is 1. The summed E-state index contributed by atoms with van der Waals surface area (Å²) in [6.45, 7) is 0. The van der Waals surface area contributed by atoms with E-state index in [2.05, 4.69) is 0 Å². The third kappa shape index (κ3) is 2.46. The molecule has 1 aromatic carbocycles. The number of rotatable bonds is 4. The van der Waals surface area contributed by atoms with E-state index < -0.39 is 5.97 Å². The van der Waals surface area contributed by atoms with Crippen LogP contribution < -0.4 is 4.90 Å². The summed E-state index contributed by atoms with van der Waals surface area (Å²) in [6, 6.07) is 5.93. The fourth-order valence-electron chi connectivity index (χ4n) is 2.09. The maximum absolute atomic E-state index is 11.5. The lowest BCUT2D eigenvalue weighted by Crippen LogP contribution is -2.20. The van der Waals surface area contributed by atoms with Crippen LogP contribution in [-0.2, 0) is 22.4 Å². The van der Waals surface area contributed by atoms with Gasteiger partial charge in [-0.1, -0.05) is 12.1 Å². The van der Waals surface area contributed by atoms with Crippen molar-refractivity contribution >= 4 is 17.6 Å². The molecule has 0 radical (unpaired) electrons. The zero-order chi connectivity index (χ0) is 12.4. The molecule has 1 amide bonds. The predicted molar refractivity (Wildman–Crippen MR) is 64.1 cm³/mol. The zero-order valence-electron chi connectivity index (χ0n) is 9.77. The number of carbonyl (C=O) groups is 2. The molecule has 90 valence electrons. The first-order valence-corrected chi connectivity index (χ1v) is 5.68. The summed E-state index contributed by atoms with van der Waals surface area (Å²) in [7, 11) is 1.77. The molecule has 1 aliphatic heterocycles. The molecule has 1 heterocycles. The zero-order valence-corrected chi connectivity index (χ0v) is 9.77. The highest BCUT2D eigenvalue weighted by Gasteiger charge is 2.23. The number of carboxylic acid groups (broad SMARTS) is 1. The Morgan fingerprint density at radius 3 is 2.94 bits per heavy atom. The summed E-state index contributed by atoms with van der Waals surface area (Å²) in [5.41, 5.74) is 3.11. The molecular formula is C13H15NO3. The minimum absolute atomic E-state index is 0.114. The second-order valence-corrected chi connectivity index (χ2v) is 4.34. The van der Waals surface area contributed by atoms with Gasteiger partial charge in [-0.25, -0.2) is 0 Å². The molecule has 0 spiro atoms. The Balaban J connectivity index is 2.07. The standard InChI is InChI=1S/C13H15NO3/c1-14-11-7-9(3-2-4-13(16)17)5-6-10(11)8-12(14)15/h5-7H,2-4,8H2,1H3,(H,16,17). The monoisotopic (exact) mass is 233 g/mol. The second kappa shape index (κ2) is 4.57. The summed E-state index contributed by atoms with van der Waals surface area (Å²) in [5, 5.41) is 8.57. The minimum atomic E-state index is -0.765. The third-order valence-electron chi connectivity index (χ3n) is 3.08. The highest BCUT2D eigenvalue weighted by molar-refractivity contribution is 6.00. The molecule has 4 heteroatoms. The van der Waals surface area contributed by atoms with Crippen molar-refractivity contribution in [1.82, 2.24) is 0 Å². The van der Waals surface area contributed by atoms with Crippen LogP contribution in [0.3, 0.4) is 0 Å². The van der Waals surface area contributed by atoms with Crippen molar-refractivity contribution in [3.8, 4) is 0 Å². The number of likely N-dealkylation sites (N-methyl/N-ethyl adjacent to an activating group) is 1. The average molecular weight is 233 g/mol. The quantitative estimate of drug-likeness (QED) is 0.859. The highest BCUT2D eigenvalue weighted by Crippen LogP contribution is 2.28. The van der Waals surface area contributed by atoms with Gasteiger partial charge in [0.2, 0.25) is 5.91 Å². The predicted octanol–water partition coefficient (Wildman–Crippen LogP) is 1.61.